The van der Waals surface area contributed by atoms with E-state index in [1.54, 1.807) is 5.57 Å². The molecule has 0 aromatic carbocycles. The lowest BCUT2D eigenvalue weighted by molar-refractivity contribution is 0.602. The molecule has 2 heterocycles. The normalized spacial score (nSPS) is 17.7. The quantitative estimate of drug-likeness (QED) is 0.426. The summed E-state index contributed by atoms with van der Waals surface area (Å²) in [7, 11) is 0. The van der Waals surface area contributed by atoms with Crippen LogP contribution in [0.15, 0.2) is 53.4 Å². The van der Waals surface area contributed by atoms with Gasteiger partial charge in [0.25, 0.3) is 0 Å². The average Bonchev–Trinajstić information content (AvgIpc) is 3.22. The Kier molecular flexibility index (Phi) is 7.97. The van der Waals surface area contributed by atoms with Crippen LogP contribution in [0.5, 0.6) is 0 Å². The molecule has 0 aliphatic heterocycles. The lowest BCUT2D eigenvalue weighted by Gasteiger charge is -2.19. The average molecular weight is 457 g/mol. The lowest BCUT2D eigenvalue weighted by atomic mass is 9.87. The van der Waals surface area contributed by atoms with E-state index in [0.29, 0.717) is 5.92 Å². The van der Waals surface area contributed by atoms with Crippen molar-refractivity contribution in [3.63, 3.8) is 0 Å². The number of aromatic nitrogens is 4. The minimum atomic E-state index is 0.364. The molecule has 1 unspecified atom stereocenters. The van der Waals surface area contributed by atoms with Crippen LogP contribution in [0.1, 0.15) is 108 Å². The lowest BCUT2D eigenvalue weighted by Crippen LogP contribution is -2.07. The zero-order valence-electron chi connectivity index (χ0n) is 21.7. The van der Waals surface area contributed by atoms with E-state index in [-0.39, 0.29) is 0 Å². The van der Waals surface area contributed by atoms with Crippen LogP contribution in [-0.4, -0.2) is 19.7 Å². The maximum Gasteiger partial charge on any atom is 0.132 e. The molecule has 0 N–H and O–H groups in total. The topological polar surface area (TPSA) is 43.6 Å². The van der Waals surface area contributed by atoms with Crippen molar-refractivity contribution < 1.29 is 0 Å². The van der Waals surface area contributed by atoms with Gasteiger partial charge in [-0.3, -0.25) is 4.68 Å². The van der Waals surface area contributed by atoms with Crippen LogP contribution in [-0.2, 0) is 13.0 Å². The van der Waals surface area contributed by atoms with Gasteiger partial charge in [-0.1, -0.05) is 51.0 Å². The summed E-state index contributed by atoms with van der Waals surface area (Å²) in [5, 5.41) is 4.62. The van der Waals surface area contributed by atoms with E-state index in [4.69, 9.17) is 9.97 Å². The Morgan fingerprint density at radius 1 is 1.06 bits per heavy atom. The largest absolute Gasteiger partial charge is 0.272 e. The SMILES string of the molecule is CCCn1cc(C2=CC3=C(CCCC=C3c3cc(CC)nc(C(C)CC)n3)CCC(C)=C2)cn1. The number of aryl methyl sites for hydroxylation is 2. The third-order valence-corrected chi connectivity index (χ3v) is 7.13. The van der Waals surface area contributed by atoms with Crippen LogP contribution in [0.25, 0.3) is 11.1 Å². The molecular formula is C30H40N4. The molecule has 0 spiro atoms. The van der Waals surface area contributed by atoms with Gasteiger partial charge in [-0.15, -0.1) is 0 Å². The second-order valence-corrected chi connectivity index (χ2v) is 9.88. The summed E-state index contributed by atoms with van der Waals surface area (Å²) in [5.74, 6) is 1.35. The van der Waals surface area contributed by atoms with Crippen LogP contribution in [0.2, 0.25) is 0 Å². The fourth-order valence-corrected chi connectivity index (χ4v) is 4.83. The van der Waals surface area contributed by atoms with Crippen LogP contribution in [0.4, 0.5) is 0 Å². The Morgan fingerprint density at radius 3 is 2.68 bits per heavy atom. The number of nitrogens with zero attached hydrogens (tertiary/aromatic N) is 4. The van der Waals surface area contributed by atoms with E-state index in [1.165, 1.54) is 34.3 Å². The molecule has 2 aromatic rings. The first kappa shape index (κ1) is 24.4. The third kappa shape index (κ3) is 5.48. The summed E-state index contributed by atoms with van der Waals surface area (Å²) in [6.45, 7) is 12.1. The molecule has 180 valence electrons. The van der Waals surface area contributed by atoms with E-state index in [0.717, 1.165) is 68.7 Å². The predicted molar refractivity (Wildman–Crippen MR) is 142 cm³/mol. The second kappa shape index (κ2) is 11.1. The summed E-state index contributed by atoms with van der Waals surface area (Å²) in [5.41, 5.74) is 10.3. The molecule has 2 aliphatic rings. The summed E-state index contributed by atoms with van der Waals surface area (Å²) < 4.78 is 2.06. The number of hydrogen-bond acceptors (Lipinski definition) is 3. The third-order valence-electron chi connectivity index (χ3n) is 7.13. The first-order valence-electron chi connectivity index (χ1n) is 13.2. The predicted octanol–water partition coefficient (Wildman–Crippen LogP) is 7.85. The van der Waals surface area contributed by atoms with E-state index in [9.17, 15) is 0 Å². The Labute approximate surface area is 205 Å². The molecule has 4 nitrogen and oxygen atoms in total. The summed E-state index contributed by atoms with van der Waals surface area (Å²) >= 11 is 0. The van der Waals surface area contributed by atoms with Gasteiger partial charge in [0.2, 0.25) is 0 Å². The van der Waals surface area contributed by atoms with Crippen molar-refractivity contribution in [3.05, 3.63) is 76.2 Å². The van der Waals surface area contributed by atoms with Crippen molar-refractivity contribution in [2.75, 3.05) is 0 Å². The van der Waals surface area contributed by atoms with Gasteiger partial charge in [0.15, 0.2) is 0 Å². The molecule has 34 heavy (non-hydrogen) atoms. The van der Waals surface area contributed by atoms with E-state index < -0.39 is 0 Å². The number of hydrogen-bond donors (Lipinski definition) is 0. The van der Waals surface area contributed by atoms with Crippen molar-refractivity contribution in [3.8, 4) is 0 Å². The Hall–Kier alpha value is -2.75. The minimum absolute atomic E-state index is 0.364. The fourth-order valence-electron chi connectivity index (χ4n) is 4.83. The Balaban J connectivity index is 1.85. The zero-order chi connectivity index (χ0) is 24.1. The smallest absolute Gasteiger partial charge is 0.132 e. The second-order valence-electron chi connectivity index (χ2n) is 9.88. The van der Waals surface area contributed by atoms with Crippen molar-refractivity contribution in [2.45, 2.75) is 98.4 Å². The summed E-state index contributed by atoms with van der Waals surface area (Å²) in [4.78, 5) is 10.0. The van der Waals surface area contributed by atoms with Crippen LogP contribution in [0.3, 0.4) is 0 Å². The van der Waals surface area contributed by atoms with E-state index >= 15 is 0 Å². The molecule has 0 saturated carbocycles. The molecule has 0 bridgehead atoms. The van der Waals surface area contributed by atoms with Gasteiger partial charge < -0.3 is 0 Å². The number of rotatable bonds is 7. The van der Waals surface area contributed by atoms with Crippen molar-refractivity contribution >= 4 is 11.1 Å². The standard InChI is InChI=1S/C30H40N4/c1-6-15-34-20-25(19-31-34)24-16-21(4)13-14-23-11-9-10-12-27(28(23)17-24)29-18-26(8-3)32-30(33-29)22(5)7-2/h12,16-20,22H,6-11,13-15H2,1-5H3. The monoisotopic (exact) mass is 456 g/mol. The minimum Gasteiger partial charge on any atom is -0.272 e. The molecule has 2 aliphatic carbocycles. The highest BCUT2D eigenvalue weighted by molar-refractivity contribution is 5.88. The molecule has 4 heteroatoms. The molecule has 0 fully saturated rings. The first-order chi connectivity index (χ1) is 16.5. The summed E-state index contributed by atoms with van der Waals surface area (Å²) in [6.07, 6.45) is 20.2. The van der Waals surface area contributed by atoms with Crippen LogP contribution in [0, 0.1) is 0 Å². The highest BCUT2D eigenvalue weighted by atomic mass is 15.3. The molecule has 0 amide bonds. The van der Waals surface area contributed by atoms with Crippen LogP contribution < -0.4 is 0 Å². The van der Waals surface area contributed by atoms with E-state index in [2.05, 4.69) is 74.9 Å². The molecule has 4 rings (SSSR count). The number of allylic oxidation sites excluding steroid dienone is 8. The highest BCUT2D eigenvalue weighted by Gasteiger charge is 2.21. The zero-order valence-corrected chi connectivity index (χ0v) is 21.7. The first-order valence-corrected chi connectivity index (χ1v) is 13.2. The van der Waals surface area contributed by atoms with Gasteiger partial charge in [0.1, 0.15) is 5.82 Å². The molecule has 0 radical (unpaired) electrons. The van der Waals surface area contributed by atoms with Gasteiger partial charge >= 0.3 is 0 Å². The van der Waals surface area contributed by atoms with Gasteiger partial charge in [-0.25, -0.2) is 9.97 Å². The summed E-state index contributed by atoms with van der Waals surface area (Å²) in [6, 6.07) is 2.22. The molecule has 0 saturated heterocycles. The Morgan fingerprint density at radius 2 is 1.91 bits per heavy atom. The maximum absolute atomic E-state index is 5.13. The molecule has 1 atom stereocenters. The van der Waals surface area contributed by atoms with Gasteiger partial charge in [0, 0.05) is 35.5 Å². The van der Waals surface area contributed by atoms with Crippen LogP contribution >= 0.6 is 0 Å². The van der Waals surface area contributed by atoms with Gasteiger partial charge in [-0.2, -0.15) is 5.10 Å². The van der Waals surface area contributed by atoms with Gasteiger partial charge in [0.05, 0.1) is 11.9 Å². The van der Waals surface area contributed by atoms with E-state index in [1.807, 2.05) is 6.20 Å². The van der Waals surface area contributed by atoms with Gasteiger partial charge in [-0.05, 0) is 81.6 Å². The van der Waals surface area contributed by atoms with Crippen molar-refractivity contribution in [1.29, 1.82) is 0 Å². The fraction of sp³-hybridized carbons (Fsp3) is 0.500. The van der Waals surface area contributed by atoms with Crippen molar-refractivity contribution in [1.82, 2.24) is 19.7 Å². The maximum atomic E-state index is 5.13. The highest BCUT2D eigenvalue weighted by Crippen LogP contribution is 2.38. The van der Waals surface area contributed by atoms with Crippen molar-refractivity contribution in [2.24, 2.45) is 0 Å². The Bertz CT molecular complexity index is 1140. The molecule has 2 aromatic heterocycles. The molecular weight excluding hydrogens is 416 g/mol.